The van der Waals surface area contributed by atoms with Crippen LogP contribution in [-0.4, -0.2) is 29.8 Å². The van der Waals surface area contributed by atoms with Crippen molar-refractivity contribution in [1.29, 1.82) is 0 Å². The van der Waals surface area contributed by atoms with Crippen LogP contribution < -0.4 is 5.32 Å². The van der Waals surface area contributed by atoms with Crippen molar-refractivity contribution >= 4 is 23.6 Å². The third-order valence-corrected chi connectivity index (χ3v) is 4.52. The van der Waals surface area contributed by atoms with Gasteiger partial charge in [-0.2, -0.15) is 0 Å². The summed E-state index contributed by atoms with van der Waals surface area (Å²) in [7, 11) is 0. The summed E-state index contributed by atoms with van der Waals surface area (Å²) in [4.78, 5) is 26.6. The van der Waals surface area contributed by atoms with Crippen molar-refractivity contribution in [3.8, 4) is 0 Å². The van der Waals surface area contributed by atoms with E-state index in [1.807, 2.05) is 4.90 Å². The summed E-state index contributed by atoms with van der Waals surface area (Å²) < 4.78 is 12.9. The first-order chi connectivity index (χ1) is 13.1. The van der Waals surface area contributed by atoms with Crippen LogP contribution in [0.4, 0.5) is 10.1 Å². The van der Waals surface area contributed by atoms with Crippen molar-refractivity contribution in [2.75, 3.05) is 18.4 Å². The predicted molar refractivity (Wildman–Crippen MR) is 105 cm³/mol. The predicted octanol–water partition coefficient (Wildman–Crippen LogP) is 4.49. The molecule has 5 heteroatoms. The van der Waals surface area contributed by atoms with E-state index in [4.69, 9.17) is 0 Å². The SMILES string of the molecule is O=C(C/C=C\c1ccc(F)cc1)Nc1cccc(C(=O)N2CCCCC2)c1. The van der Waals surface area contributed by atoms with E-state index >= 15 is 0 Å². The number of anilines is 1. The number of rotatable bonds is 5. The number of benzene rings is 2. The normalized spacial score (nSPS) is 14.3. The maximum Gasteiger partial charge on any atom is 0.253 e. The van der Waals surface area contributed by atoms with Crippen LogP contribution in [0.5, 0.6) is 0 Å². The molecule has 140 valence electrons. The molecule has 1 N–H and O–H groups in total. The van der Waals surface area contributed by atoms with Gasteiger partial charge in [0.2, 0.25) is 5.91 Å². The van der Waals surface area contributed by atoms with Crippen LogP contribution in [-0.2, 0) is 4.79 Å². The lowest BCUT2D eigenvalue weighted by Crippen LogP contribution is -2.35. The van der Waals surface area contributed by atoms with Crippen LogP contribution in [0.3, 0.4) is 0 Å². The fourth-order valence-electron chi connectivity index (χ4n) is 3.10. The lowest BCUT2D eigenvalue weighted by atomic mass is 10.1. The first kappa shape index (κ1) is 18.8. The van der Waals surface area contributed by atoms with Gasteiger partial charge in [-0.05, 0) is 55.2 Å². The Hall–Kier alpha value is -2.95. The van der Waals surface area contributed by atoms with E-state index in [1.54, 1.807) is 48.6 Å². The van der Waals surface area contributed by atoms with Crippen molar-refractivity contribution in [1.82, 2.24) is 4.90 Å². The Morgan fingerprint density at radius 3 is 2.52 bits per heavy atom. The molecule has 0 bridgehead atoms. The van der Waals surface area contributed by atoms with Crippen molar-refractivity contribution in [2.45, 2.75) is 25.7 Å². The summed E-state index contributed by atoms with van der Waals surface area (Å²) in [6.45, 7) is 1.59. The van der Waals surface area contributed by atoms with Crippen molar-refractivity contribution in [3.05, 3.63) is 71.6 Å². The molecule has 3 rings (SSSR count). The minimum Gasteiger partial charge on any atom is -0.339 e. The molecule has 1 aliphatic rings. The Morgan fingerprint density at radius 1 is 1.04 bits per heavy atom. The van der Waals surface area contributed by atoms with Gasteiger partial charge >= 0.3 is 0 Å². The molecule has 2 aromatic carbocycles. The van der Waals surface area contributed by atoms with E-state index in [9.17, 15) is 14.0 Å². The summed E-state index contributed by atoms with van der Waals surface area (Å²) in [5, 5.41) is 2.81. The molecular weight excluding hydrogens is 343 g/mol. The molecule has 0 saturated carbocycles. The number of likely N-dealkylation sites (tertiary alicyclic amines) is 1. The molecule has 2 aromatic rings. The second-order valence-corrected chi connectivity index (χ2v) is 6.64. The maximum atomic E-state index is 12.9. The van der Waals surface area contributed by atoms with E-state index in [0.29, 0.717) is 11.3 Å². The summed E-state index contributed by atoms with van der Waals surface area (Å²) in [6, 6.07) is 13.1. The zero-order chi connectivity index (χ0) is 19.1. The minimum atomic E-state index is -0.288. The number of amides is 2. The smallest absolute Gasteiger partial charge is 0.253 e. The Balaban J connectivity index is 1.56. The molecule has 1 aliphatic heterocycles. The molecule has 4 nitrogen and oxygen atoms in total. The lowest BCUT2D eigenvalue weighted by Gasteiger charge is -2.26. The van der Waals surface area contributed by atoms with Gasteiger partial charge in [-0.15, -0.1) is 0 Å². The van der Waals surface area contributed by atoms with Crippen LogP contribution in [0.15, 0.2) is 54.6 Å². The van der Waals surface area contributed by atoms with Crippen LogP contribution >= 0.6 is 0 Å². The Kier molecular flexibility index (Phi) is 6.36. The number of piperidine rings is 1. The highest BCUT2D eigenvalue weighted by atomic mass is 19.1. The molecule has 0 unspecified atom stereocenters. The molecule has 0 atom stereocenters. The first-order valence-corrected chi connectivity index (χ1v) is 9.23. The van der Waals surface area contributed by atoms with Gasteiger partial charge in [-0.3, -0.25) is 9.59 Å². The highest BCUT2D eigenvalue weighted by Gasteiger charge is 2.18. The van der Waals surface area contributed by atoms with Gasteiger partial charge in [0.25, 0.3) is 5.91 Å². The zero-order valence-electron chi connectivity index (χ0n) is 15.2. The molecule has 0 aromatic heterocycles. The molecule has 2 amide bonds. The highest BCUT2D eigenvalue weighted by molar-refractivity contribution is 5.97. The van der Waals surface area contributed by atoms with E-state index in [2.05, 4.69) is 5.32 Å². The quantitative estimate of drug-likeness (QED) is 0.847. The fraction of sp³-hybridized carbons (Fsp3) is 0.273. The van der Waals surface area contributed by atoms with Crippen LogP contribution in [0, 0.1) is 5.82 Å². The van der Waals surface area contributed by atoms with Gasteiger partial charge in [0.15, 0.2) is 0 Å². The van der Waals surface area contributed by atoms with Gasteiger partial charge in [0.05, 0.1) is 0 Å². The molecule has 0 radical (unpaired) electrons. The zero-order valence-corrected chi connectivity index (χ0v) is 15.2. The van der Waals surface area contributed by atoms with E-state index in [1.165, 1.54) is 18.6 Å². The number of hydrogen-bond donors (Lipinski definition) is 1. The van der Waals surface area contributed by atoms with Crippen molar-refractivity contribution < 1.29 is 14.0 Å². The molecule has 1 fully saturated rings. The van der Waals surface area contributed by atoms with E-state index in [0.717, 1.165) is 31.5 Å². The van der Waals surface area contributed by atoms with Crippen LogP contribution in [0.2, 0.25) is 0 Å². The average Bonchev–Trinajstić information content (AvgIpc) is 2.70. The van der Waals surface area contributed by atoms with Gasteiger partial charge in [-0.25, -0.2) is 4.39 Å². The Morgan fingerprint density at radius 2 is 1.78 bits per heavy atom. The molecular formula is C22H23FN2O2. The number of nitrogens with zero attached hydrogens (tertiary/aromatic N) is 1. The molecule has 0 aliphatic carbocycles. The van der Waals surface area contributed by atoms with Gasteiger partial charge in [0, 0.05) is 30.8 Å². The number of hydrogen-bond acceptors (Lipinski definition) is 2. The van der Waals surface area contributed by atoms with Crippen molar-refractivity contribution in [3.63, 3.8) is 0 Å². The Bertz CT molecular complexity index is 824. The summed E-state index contributed by atoms with van der Waals surface area (Å²) in [6.07, 6.45) is 6.96. The highest BCUT2D eigenvalue weighted by Crippen LogP contribution is 2.16. The van der Waals surface area contributed by atoms with Crippen LogP contribution in [0.25, 0.3) is 6.08 Å². The van der Waals surface area contributed by atoms with Gasteiger partial charge < -0.3 is 10.2 Å². The second-order valence-electron chi connectivity index (χ2n) is 6.64. The minimum absolute atomic E-state index is 0.0157. The third-order valence-electron chi connectivity index (χ3n) is 4.52. The summed E-state index contributed by atoms with van der Waals surface area (Å²) >= 11 is 0. The number of halogens is 1. The van der Waals surface area contributed by atoms with E-state index in [-0.39, 0.29) is 24.1 Å². The maximum absolute atomic E-state index is 12.9. The average molecular weight is 366 g/mol. The molecule has 1 heterocycles. The largest absolute Gasteiger partial charge is 0.339 e. The van der Waals surface area contributed by atoms with Crippen molar-refractivity contribution in [2.24, 2.45) is 0 Å². The van der Waals surface area contributed by atoms with E-state index < -0.39 is 0 Å². The second kappa shape index (κ2) is 9.12. The summed E-state index contributed by atoms with van der Waals surface area (Å²) in [5.74, 6) is -0.443. The first-order valence-electron chi connectivity index (χ1n) is 9.23. The molecule has 1 saturated heterocycles. The third kappa shape index (κ3) is 5.51. The van der Waals surface area contributed by atoms with Gasteiger partial charge in [-0.1, -0.05) is 30.4 Å². The molecule has 0 spiro atoms. The number of carbonyl (C=O) groups is 2. The monoisotopic (exact) mass is 366 g/mol. The van der Waals surface area contributed by atoms with Crippen LogP contribution in [0.1, 0.15) is 41.6 Å². The Labute approximate surface area is 158 Å². The standard InChI is InChI=1S/C22H23FN2O2/c23-19-12-10-17(11-13-19)6-4-9-21(26)24-20-8-5-7-18(16-20)22(27)25-14-2-1-3-15-25/h4-8,10-13,16H,1-3,9,14-15H2,(H,24,26)/b6-4-. The lowest BCUT2D eigenvalue weighted by molar-refractivity contribution is -0.115. The van der Waals surface area contributed by atoms with Gasteiger partial charge in [0.1, 0.15) is 5.82 Å². The fourth-order valence-corrected chi connectivity index (χ4v) is 3.10. The summed E-state index contributed by atoms with van der Waals surface area (Å²) in [5.41, 5.74) is 2.04. The number of nitrogens with one attached hydrogen (secondary N) is 1. The molecule has 27 heavy (non-hydrogen) atoms. The number of carbonyl (C=O) groups excluding carboxylic acids is 2. The topological polar surface area (TPSA) is 49.4 Å².